The van der Waals surface area contributed by atoms with Crippen molar-refractivity contribution in [3.05, 3.63) is 55.0 Å². The molecule has 1 radical (unpaired) electrons. The molecule has 2 aromatic rings. The number of aromatic hydroxyl groups is 1. The predicted octanol–water partition coefficient (Wildman–Crippen LogP) is 1.82. The van der Waals surface area contributed by atoms with E-state index in [0.717, 1.165) is 17.9 Å². The van der Waals surface area contributed by atoms with Gasteiger partial charge in [-0.05, 0) is 17.7 Å². The fraction of sp³-hybridized carbons (Fsp3) is 0.0909. The third kappa shape index (κ3) is 1.76. The second kappa shape index (κ2) is 3.54. The maximum Gasteiger partial charge on any atom is 0.115 e. The van der Waals surface area contributed by atoms with Crippen LogP contribution in [-0.2, 0) is 6.54 Å². The van der Waals surface area contributed by atoms with E-state index in [1.807, 2.05) is 22.9 Å². The Kier molecular flexibility index (Phi) is 2.23. The highest BCUT2D eigenvalue weighted by molar-refractivity contribution is 5.26. The van der Waals surface area contributed by atoms with Gasteiger partial charge in [0.1, 0.15) is 11.6 Å². The Morgan fingerprint density at radius 3 is 2.57 bits per heavy atom. The molecule has 1 heterocycles. The molecule has 0 aliphatic rings. The summed E-state index contributed by atoms with van der Waals surface area (Å²) in [6, 6.07) is 7.12. The van der Waals surface area contributed by atoms with E-state index in [4.69, 9.17) is 5.11 Å². The molecular weight excluding hydrogens is 176 g/mol. The SMILES string of the molecule is [CH2]c1nccn1Cc1ccc(O)cc1. The highest BCUT2D eigenvalue weighted by atomic mass is 16.3. The molecule has 0 unspecified atom stereocenters. The summed E-state index contributed by atoms with van der Waals surface area (Å²) >= 11 is 0. The van der Waals surface area contributed by atoms with E-state index in [9.17, 15) is 0 Å². The smallest absolute Gasteiger partial charge is 0.115 e. The zero-order valence-corrected chi connectivity index (χ0v) is 7.72. The highest BCUT2D eigenvalue weighted by Crippen LogP contribution is 2.11. The molecular formula is C11H11N2O. The van der Waals surface area contributed by atoms with E-state index in [-0.39, 0.29) is 5.75 Å². The summed E-state index contributed by atoms with van der Waals surface area (Å²) in [5.74, 6) is 1.03. The van der Waals surface area contributed by atoms with Gasteiger partial charge in [0.25, 0.3) is 0 Å². The predicted molar refractivity (Wildman–Crippen MR) is 53.9 cm³/mol. The number of hydrogen-bond acceptors (Lipinski definition) is 2. The molecule has 0 aliphatic carbocycles. The number of benzene rings is 1. The molecule has 0 aliphatic heterocycles. The van der Waals surface area contributed by atoms with Gasteiger partial charge in [0.05, 0.1) is 0 Å². The lowest BCUT2D eigenvalue weighted by Gasteiger charge is -2.04. The van der Waals surface area contributed by atoms with Crippen LogP contribution in [0.5, 0.6) is 5.75 Å². The molecule has 0 fully saturated rings. The molecule has 0 bridgehead atoms. The number of phenols is 1. The lowest BCUT2D eigenvalue weighted by molar-refractivity contribution is 0.475. The van der Waals surface area contributed by atoms with Crippen molar-refractivity contribution in [2.45, 2.75) is 6.54 Å². The van der Waals surface area contributed by atoms with E-state index in [2.05, 4.69) is 11.9 Å². The van der Waals surface area contributed by atoms with Gasteiger partial charge in [-0.2, -0.15) is 0 Å². The van der Waals surface area contributed by atoms with Crippen molar-refractivity contribution < 1.29 is 5.11 Å². The molecule has 3 heteroatoms. The van der Waals surface area contributed by atoms with Crippen LogP contribution in [0.1, 0.15) is 11.4 Å². The number of phenolic OH excluding ortho intramolecular Hbond substituents is 1. The number of aromatic nitrogens is 2. The minimum Gasteiger partial charge on any atom is -0.508 e. The molecule has 3 nitrogen and oxygen atoms in total. The Morgan fingerprint density at radius 2 is 2.00 bits per heavy atom. The third-order valence-electron chi connectivity index (χ3n) is 2.09. The first kappa shape index (κ1) is 8.81. The van der Waals surface area contributed by atoms with Crippen molar-refractivity contribution in [2.75, 3.05) is 0 Å². The van der Waals surface area contributed by atoms with Gasteiger partial charge in [0.15, 0.2) is 0 Å². The van der Waals surface area contributed by atoms with Crippen molar-refractivity contribution >= 4 is 0 Å². The minimum atomic E-state index is 0.286. The maximum atomic E-state index is 9.11. The van der Waals surface area contributed by atoms with Gasteiger partial charge < -0.3 is 9.67 Å². The largest absolute Gasteiger partial charge is 0.508 e. The van der Waals surface area contributed by atoms with Crippen LogP contribution in [0.15, 0.2) is 36.7 Å². The summed E-state index contributed by atoms with van der Waals surface area (Å²) in [6.07, 6.45) is 3.61. The summed E-state index contributed by atoms with van der Waals surface area (Å²) in [5.41, 5.74) is 1.12. The summed E-state index contributed by atoms with van der Waals surface area (Å²) < 4.78 is 1.95. The van der Waals surface area contributed by atoms with Crippen LogP contribution >= 0.6 is 0 Å². The normalized spacial score (nSPS) is 10.4. The Morgan fingerprint density at radius 1 is 1.29 bits per heavy atom. The molecule has 0 saturated heterocycles. The van der Waals surface area contributed by atoms with E-state index >= 15 is 0 Å². The summed E-state index contributed by atoms with van der Waals surface area (Å²) in [7, 11) is 0. The molecule has 1 N–H and O–H groups in total. The van der Waals surface area contributed by atoms with Gasteiger partial charge in [-0.15, -0.1) is 0 Å². The lowest BCUT2D eigenvalue weighted by atomic mass is 10.2. The second-order valence-electron chi connectivity index (χ2n) is 3.14. The first-order chi connectivity index (χ1) is 6.75. The third-order valence-corrected chi connectivity index (χ3v) is 2.09. The average Bonchev–Trinajstić information content (AvgIpc) is 2.56. The Hall–Kier alpha value is -1.77. The molecule has 0 atom stereocenters. The molecule has 14 heavy (non-hydrogen) atoms. The van der Waals surface area contributed by atoms with Crippen molar-refractivity contribution in [3.8, 4) is 5.75 Å². The average molecular weight is 187 g/mol. The number of rotatable bonds is 2. The van der Waals surface area contributed by atoms with Crippen molar-refractivity contribution in [3.63, 3.8) is 0 Å². The summed E-state index contributed by atoms with van der Waals surface area (Å²) in [5, 5.41) is 9.11. The zero-order chi connectivity index (χ0) is 9.97. The number of hydrogen-bond donors (Lipinski definition) is 1. The first-order valence-electron chi connectivity index (χ1n) is 4.37. The molecule has 71 valence electrons. The molecule has 2 rings (SSSR count). The molecule has 0 amide bonds. The Balaban J connectivity index is 2.19. The van der Waals surface area contributed by atoms with Crippen LogP contribution in [-0.4, -0.2) is 14.7 Å². The van der Waals surface area contributed by atoms with Gasteiger partial charge in [0.2, 0.25) is 0 Å². The van der Waals surface area contributed by atoms with Gasteiger partial charge in [-0.1, -0.05) is 12.1 Å². The van der Waals surface area contributed by atoms with E-state index in [1.54, 1.807) is 18.3 Å². The fourth-order valence-corrected chi connectivity index (χ4v) is 1.30. The van der Waals surface area contributed by atoms with E-state index in [0.29, 0.717) is 0 Å². The quantitative estimate of drug-likeness (QED) is 0.778. The van der Waals surface area contributed by atoms with Crippen LogP contribution in [0.3, 0.4) is 0 Å². The number of imidazole rings is 1. The van der Waals surface area contributed by atoms with Crippen LogP contribution in [0.2, 0.25) is 0 Å². The molecule has 0 saturated carbocycles. The van der Waals surface area contributed by atoms with E-state index in [1.165, 1.54) is 0 Å². The minimum absolute atomic E-state index is 0.286. The van der Waals surface area contributed by atoms with Crippen molar-refractivity contribution in [1.29, 1.82) is 0 Å². The maximum absolute atomic E-state index is 9.11. The summed E-state index contributed by atoms with van der Waals surface area (Å²) in [6.45, 7) is 4.53. The Labute approximate surface area is 82.7 Å². The standard InChI is InChI=1S/C11H11N2O/c1-9-12-6-7-13(9)8-10-2-4-11(14)5-3-10/h2-7,14H,1,8H2. The van der Waals surface area contributed by atoms with Crippen LogP contribution in [0.4, 0.5) is 0 Å². The van der Waals surface area contributed by atoms with Crippen LogP contribution in [0.25, 0.3) is 0 Å². The zero-order valence-electron chi connectivity index (χ0n) is 7.72. The van der Waals surface area contributed by atoms with Gasteiger partial charge in [-0.3, -0.25) is 0 Å². The van der Waals surface area contributed by atoms with Gasteiger partial charge in [-0.25, -0.2) is 4.98 Å². The lowest BCUT2D eigenvalue weighted by Crippen LogP contribution is -2.00. The topological polar surface area (TPSA) is 38.0 Å². The summed E-state index contributed by atoms with van der Waals surface area (Å²) in [4.78, 5) is 4.03. The van der Waals surface area contributed by atoms with Crippen molar-refractivity contribution in [1.82, 2.24) is 9.55 Å². The van der Waals surface area contributed by atoms with Gasteiger partial charge in [0, 0.05) is 25.9 Å². The second-order valence-corrected chi connectivity index (χ2v) is 3.14. The molecule has 1 aromatic carbocycles. The monoisotopic (exact) mass is 187 g/mol. The molecule has 1 aromatic heterocycles. The van der Waals surface area contributed by atoms with Gasteiger partial charge >= 0.3 is 0 Å². The van der Waals surface area contributed by atoms with Crippen LogP contribution < -0.4 is 0 Å². The fourth-order valence-electron chi connectivity index (χ4n) is 1.30. The highest BCUT2D eigenvalue weighted by Gasteiger charge is 1.98. The molecule has 0 spiro atoms. The van der Waals surface area contributed by atoms with Crippen LogP contribution in [0, 0.1) is 6.92 Å². The Bertz CT molecular complexity index is 417. The first-order valence-corrected chi connectivity index (χ1v) is 4.37. The van der Waals surface area contributed by atoms with E-state index < -0.39 is 0 Å². The number of nitrogens with zero attached hydrogens (tertiary/aromatic N) is 2. The van der Waals surface area contributed by atoms with Crippen molar-refractivity contribution in [2.24, 2.45) is 0 Å².